The largest absolute Gasteiger partial charge is 0.454 e. The molecule has 2 aromatic carbocycles. The Morgan fingerprint density at radius 3 is 2.71 bits per heavy atom. The smallest absolute Gasteiger partial charge is 0.231 e. The summed E-state index contributed by atoms with van der Waals surface area (Å²) in [6.07, 6.45) is 2.13. The highest BCUT2D eigenvalue weighted by Gasteiger charge is 2.25. The highest BCUT2D eigenvalue weighted by Crippen LogP contribution is 2.38. The molecule has 6 nitrogen and oxygen atoms in total. The first kappa shape index (κ1) is 19.2. The summed E-state index contributed by atoms with van der Waals surface area (Å²) >= 11 is 0. The molecule has 1 aliphatic rings. The Bertz CT molecular complexity index is 1260. The van der Waals surface area contributed by atoms with Crippen LogP contribution in [-0.2, 0) is 4.79 Å². The minimum Gasteiger partial charge on any atom is -0.454 e. The lowest BCUT2D eigenvalue weighted by molar-refractivity contribution is -0.116. The lowest BCUT2D eigenvalue weighted by Gasteiger charge is -2.19. The maximum Gasteiger partial charge on any atom is 0.231 e. The molecule has 1 N–H and O–H groups in total. The van der Waals surface area contributed by atoms with E-state index in [4.69, 9.17) is 9.47 Å². The van der Waals surface area contributed by atoms with E-state index in [-0.39, 0.29) is 25.0 Å². The van der Waals surface area contributed by atoms with Crippen LogP contribution >= 0.6 is 0 Å². The van der Waals surface area contributed by atoms with Crippen LogP contribution in [0, 0.1) is 13.8 Å². The van der Waals surface area contributed by atoms with Crippen molar-refractivity contribution in [1.29, 1.82) is 0 Å². The average Bonchev–Trinajstić information content (AvgIpc) is 3.41. The minimum atomic E-state index is -0.198. The van der Waals surface area contributed by atoms with Gasteiger partial charge in [-0.3, -0.25) is 4.79 Å². The molecule has 6 heteroatoms. The van der Waals surface area contributed by atoms with E-state index >= 15 is 0 Å². The van der Waals surface area contributed by atoms with E-state index in [0.29, 0.717) is 5.75 Å². The van der Waals surface area contributed by atoms with E-state index in [1.165, 1.54) is 0 Å². The SMILES string of the molecule is Cc1ccc(NC(=O)CC(c2ccc3c(c2)OCO3)c2cnc3cccc(C)n23)cc1. The molecule has 2 aromatic heterocycles. The molecule has 0 aliphatic carbocycles. The van der Waals surface area contributed by atoms with Gasteiger partial charge in [-0.15, -0.1) is 0 Å². The molecular weight excluding hydrogens is 390 g/mol. The summed E-state index contributed by atoms with van der Waals surface area (Å²) in [5.74, 6) is 1.17. The maximum atomic E-state index is 13.0. The van der Waals surface area contributed by atoms with Crippen LogP contribution in [0.5, 0.6) is 11.5 Å². The second-order valence-corrected chi connectivity index (χ2v) is 7.83. The number of ether oxygens (including phenoxy) is 2. The zero-order valence-electron chi connectivity index (χ0n) is 17.5. The zero-order valence-corrected chi connectivity index (χ0v) is 17.5. The number of benzene rings is 2. The number of anilines is 1. The normalized spacial score (nSPS) is 13.4. The predicted molar refractivity (Wildman–Crippen MR) is 119 cm³/mol. The highest BCUT2D eigenvalue weighted by molar-refractivity contribution is 5.91. The van der Waals surface area contributed by atoms with Gasteiger partial charge in [0.25, 0.3) is 0 Å². The van der Waals surface area contributed by atoms with Gasteiger partial charge in [0.1, 0.15) is 5.65 Å². The molecule has 156 valence electrons. The number of aryl methyl sites for hydroxylation is 2. The fraction of sp³-hybridized carbons (Fsp3) is 0.200. The van der Waals surface area contributed by atoms with Crippen LogP contribution in [-0.4, -0.2) is 22.1 Å². The number of nitrogens with one attached hydrogen (secondary N) is 1. The molecule has 0 saturated carbocycles. The van der Waals surface area contributed by atoms with E-state index in [9.17, 15) is 4.79 Å². The van der Waals surface area contributed by atoms with Gasteiger partial charge in [0.15, 0.2) is 11.5 Å². The van der Waals surface area contributed by atoms with Crippen LogP contribution in [0.2, 0.25) is 0 Å². The van der Waals surface area contributed by atoms with E-state index in [2.05, 4.69) is 14.7 Å². The van der Waals surface area contributed by atoms with E-state index < -0.39 is 0 Å². The lowest BCUT2D eigenvalue weighted by atomic mass is 9.91. The Hall–Kier alpha value is -3.80. The number of fused-ring (bicyclic) bond motifs is 2. The summed E-state index contributed by atoms with van der Waals surface area (Å²) < 4.78 is 13.2. The van der Waals surface area contributed by atoms with Crippen molar-refractivity contribution in [1.82, 2.24) is 9.38 Å². The number of aromatic nitrogens is 2. The fourth-order valence-electron chi connectivity index (χ4n) is 4.03. The van der Waals surface area contributed by atoms with Crippen LogP contribution in [0.3, 0.4) is 0 Å². The van der Waals surface area contributed by atoms with Crippen molar-refractivity contribution in [2.75, 3.05) is 12.1 Å². The first-order valence-corrected chi connectivity index (χ1v) is 10.3. The van der Waals surface area contributed by atoms with Crippen LogP contribution < -0.4 is 14.8 Å². The summed E-state index contributed by atoms with van der Waals surface area (Å²) in [6, 6.07) is 19.7. The van der Waals surface area contributed by atoms with Crippen molar-refractivity contribution in [3.63, 3.8) is 0 Å². The van der Waals surface area contributed by atoms with Gasteiger partial charge in [-0.05, 0) is 55.8 Å². The Morgan fingerprint density at radius 2 is 1.87 bits per heavy atom. The van der Waals surface area contributed by atoms with Gasteiger partial charge in [0, 0.05) is 29.9 Å². The molecule has 5 rings (SSSR count). The number of carbonyl (C=O) groups excluding carboxylic acids is 1. The van der Waals surface area contributed by atoms with Gasteiger partial charge in [-0.1, -0.05) is 29.8 Å². The van der Waals surface area contributed by atoms with Crippen molar-refractivity contribution in [2.24, 2.45) is 0 Å². The second-order valence-electron chi connectivity index (χ2n) is 7.83. The Labute approximate surface area is 180 Å². The number of pyridine rings is 1. The Kier molecular flexibility index (Phi) is 4.82. The van der Waals surface area contributed by atoms with Crippen molar-refractivity contribution in [2.45, 2.75) is 26.2 Å². The number of hydrogen-bond donors (Lipinski definition) is 1. The minimum absolute atomic E-state index is 0.0601. The molecule has 1 unspecified atom stereocenters. The van der Waals surface area contributed by atoms with E-state index in [0.717, 1.165) is 39.6 Å². The summed E-state index contributed by atoms with van der Waals surface area (Å²) in [5, 5.41) is 3.02. The highest BCUT2D eigenvalue weighted by atomic mass is 16.7. The summed E-state index contributed by atoms with van der Waals surface area (Å²) in [6.45, 7) is 4.28. The van der Waals surface area contributed by atoms with Gasteiger partial charge in [0.2, 0.25) is 12.7 Å². The summed E-state index contributed by atoms with van der Waals surface area (Å²) in [5.41, 5.74) is 5.81. The van der Waals surface area contributed by atoms with Gasteiger partial charge < -0.3 is 19.2 Å². The number of imidazole rings is 1. The molecule has 31 heavy (non-hydrogen) atoms. The molecule has 0 saturated heterocycles. The molecule has 1 atom stereocenters. The predicted octanol–water partition coefficient (Wildman–Crippen LogP) is 4.84. The monoisotopic (exact) mass is 413 g/mol. The summed E-state index contributed by atoms with van der Waals surface area (Å²) in [7, 11) is 0. The molecular formula is C25H23N3O3. The maximum absolute atomic E-state index is 13.0. The molecule has 0 radical (unpaired) electrons. The Balaban J connectivity index is 1.52. The van der Waals surface area contributed by atoms with Crippen LogP contribution in [0.25, 0.3) is 5.65 Å². The second kappa shape index (κ2) is 7.80. The molecule has 3 heterocycles. The van der Waals surface area contributed by atoms with E-state index in [1.807, 2.05) is 80.7 Å². The zero-order chi connectivity index (χ0) is 21.4. The van der Waals surface area contributed by atoms with Gasteiger partial charge in [-0.2, -0.15) is 0 Å². The first-order valence-electron chi connectivity index (χ1n) is 10.3. The molecule has 0 bridgehead atoms. The standard InChI is InChI=1S/C25H23N3O3/c1-16-6-9-19(10-7-16)27-25(29)13-20(18-8-11-22-23(12-18)31-15-30-22)21-14-26-24-5-3-4-17(2)28(21)24/h3-12,14,20H,13,15H2,1-2H3,(H,27,29). The lowest BCUT2D eigenvalue weighted by Crippen LogP contribution is -2.18. The number of carbonyl (C=O) groups is 1. The quantitative estimate of drug-likeness (QED) is 0.508. The van der Waals surface area contributed by atoms with Gasteiger partial charge in [-0.25, -0.2) is 4.98 Å². The van der Waals surface area contributed by atoms with Crippen molar-refractivity contribution < 1.29 is 14.3 Å². The van der Waals surface area contributed by atoms with Crippen LogP contribution in [0.15, 0.2) is 66.9 Å². The molecule has 0 fully saturated rings. The van der Waals surface area contributed by atoms with Crippen molar-refractivity contribution >= 4 is 17.2 Å². The first-order chi connectivity index (χ1) is 15.1. The van der Waals surface area contributed by atoms with E-state index in [1.54, 1.807) is 0 Å². The topological polar surface area (TPSA) is 64.9 Å². The number of amides is 1. The third-order valence-electron chi connectivity index (χ3n) is 5.63. The van der Waals surface area contributed by atoms with Gasteiger partial charge >= 0.3 is 0 Å². The third-order valence-corrected chi connectivity index (χ3v) is 5.63. The molecule has 0 spiro atoms. The number of hydrogen-bond acceptors (Lipinski definition) is 4. The fourth-order valence-corrected chi connectivity index (χ4v) is 4.03. The van der Waals surface area contributed by atoms with Crippen LogP contribution in [0.4, 0.5) is 5.69 Å². The number of nitrogens with zero attached hydrogens (tertiary/aromatic N) is 2. The van der Waals surface area contributed by atoms with Crippen molar-refractivity contribution in [3.05, 3.63) is 89.4 Å². The van der Waals surface area contributed by atoms with Crippen molar-refractivity contribution in [3.8, 4) is 11.5 Å². The van der Waals surface area contributed by atoms with Gasteiger partial charge in [0.05, 0.1) is 5.69 Å². The molecule has 1 amide bonds. The average molecular weight is 413 g/mol. The Morgan fingerprint density at radius 1 is 1.06 bits per heavy atom. The third kappa shape index (κ3) is 3.72. The number of rotatable bonds is 5. The molecule has 1 aliphatic heterocycles. The van der Waals surface area contributed by atoms with Crippen LogP contribution in [0.1, 0.15) is 34.9 Å². The molecule has 4 aromatic rings. The summed E-state index contributed by atoms with van der Waals surface area (Å²) in [4.78, 5) is 17.6.